The van der Waals surface area contributed by atoms with Crippen LogP contribution in [-0.2, 0) is 0 Å². The minimum Gasteiger partial charge on any atom is -0.494 e. The van der Waals surface area contributed by atoms with E-state index in [2.05, 4.69) is 34.2 Å². The highest BCUT2D eigenvalue weighted by atomic mass is 32.1. The second-order valence-electron chi connectivity index (χ2n) is 7.78. The quantitative estimate of drug-likeness (QED) is 0.529. The first-order valence-corrected chi connectivity index (χ1v) is 10.9. The fraction of sp³-hybridized carbons (Fsp3) is 0.333. The summed E-state index contributed by atoms with van der Waals surface area (Å²) < 4.78 is 11.9. The molecule has 1 aromatic carbocycles. The number of likely N-dealkylation sites (N-methyl/N-ethyl adjacent to an activating group) is 1. The van der Waals surface area contributed by atoms with Gasteiger partial charge in [0.15, 0.2) is 5.11 Å². The predicted octanol–water partition coefficient (Wildman–Crippen LogP) is 4.27. The summed E-state index contributed by atoms with van der Waals surface area (Å²) in [6.45, 7) is 4.31. The van der Waals surface area contributed by atoms with Crippen LogP contribution in [0.1, 0.15) is 30.5 Å². The average molecular weight is 437 g/mol. The Morgan fingerprint density at radius 1 is 1.13 bits per heavy atom. The molecule has 162 valence electrons. The molecule has 1 saturated heterocycles. The highest BCUT2D eigenvalue weighted by Gasteiger charge is 2.41. The number of benzene rings is 1. The van der Waals surface area contributed by atoms with E-state index in [0.717, 1.165) is 46.7 Å². The number of nitrogens with one attached hydrogen (secondary N) is 1. The Balaban J connectivity index is 1.65. The zero-order valence-electron chi connectivity index (χ0n) is 18.1. The molecule has 1 aliphatic rings. The van der Waals surface area contributed by atoms with E-state index in [1.165, 1.54) is 0 Å². The molecule has 6 nitrogen and oxygen atoms in total. The molecule has 0 unspecified atom stereocenters. The zero-order valence-corrected chi connectivity index (χ0v) is 18.9. The summed E-state index contributed by atoms with van der Waals surface area (Å²) in [5.41, 5.74) is 1.96. The van der Waals surface area contributed by atoms with Gasteiger partial charge in [-0.15, -0.1) is 0 Å². The standard InChI is InChI=1S/C24H28N4O2S/c1-4-29-18-10-8-17(9-11-18)20-12-13-21(30-20)23-22(19-7-5-6-14-25-19)26-24(31)28(23)16-15-27(2)3/h5-14,22-23H,4,15-16H2,1-3H3,(H,26,31)/t22-,23-/m0/s1. The summed E-state index contributed by atoms with van der Waals surface area (Å²) in [5, 5.41) is 4.19. The maximum Gasteiger partial charge on any atom is 0.170 e. The van der Waals surface area contributed by atoms with Crippen molar-refractivity contribution in [3.8, 4) is 17.1 Å². The van der Waals surface area contributed by atoms with Crippen molar-refractivity contribution in [2.75, 3.05) is 33.8 Å². The van der Waals surface area contributed by atoms with Gasteiger partial charge in [-0.05, 0) is 81.8 Å². The fourth-order valence-electron chi connectivity index (χ4n) is 3.81. The summed E-state index contributed by atoms with van der Waals surface area (Å²) >= 11 is 5.70. The van der Waals surface area contributed by atoms with Gasteiger partial charge in [0.25, 0.3) is 0 Å². The molecule has 1 aliphatic heterocycles. The van der Waals surface area contributed by atoms with Crippen molar-refractivity contribution in [1.82, 2.24) is 20.1 Å². The van der Waals surface area contributed by atoms with Gasteiger partial charge in [0.1, 0.15) is 23.3 Å². The Morgan fingerprint density at radius 3 is 2.61 bits per heavy atom. The number of ether oxygens (including phenoxy) is 1. The lowest BCUT2D eigenvalue weighted by atomic mass is 10.0. The van der Waals surface area contributed by atoms with Gasteiger partial charge >= 0.3 is 0 Å². The van der Waals surface area contributed by atoms with Crippen molar-refractivity contribution >= 4 is 17.3 Å². The van der Waals surface area contributed by atoms with Gasteiger partial charge < -0.3 is 24.3 Å². The van der Waals surface area contributed by atoms with E-state index in [-0.39, 0.29) is 12.1 Å². The third-order valence-corrected chi connectivity index (χ3v) is 5.71. The molecule has 4 rings (SSSR count). The molecule has 3 heterocycles. The van der Waals surface area contributed by atoms with Crippen LogP contribution in [-0.4, -0.2) is 53.7 Å². The number of aromatic nitrogens is 1. The number of nitrogens with zero attached hydrogens (tertiary/aromatic N) is 3. The van der Waals surface area contributed by atoms with E-state index in [9.17, 15) is 0 Å². The Morgan fingerprint density at radius 2 is 1.94 bits per heavy atom. The summed E-state index contributed by atoms with van der Waals surface area (Å²) in [6.07, 6.45) is 1.81. The largest absolute Gasteiger partial charge is 0.494 e. The van der Waals surface area contributed by atoms with Crippen LogP contribution in [0.4, 0.5) is 0 Å². The molecule has 7 heteroatoms. The van der Waals surface area contributed by atoms with Gasteiger partial charge in [0.05, 0.1) is 18.3 Å². The van der Waals surface area contributed by atoms with E-state index >= 15 is 0 Å². The van der Waals surface area contributed by atoms with Crippen LogP contribution in [0.15, 0.2) is 65.2 Å². The normalized spacial score (nSPS) is 18.5. The second kappa shape index (κ2) is 9.49. The molecule has 3 aromatic rings. The maximum absolute atomic E-state index is 6.37. The minimum atomic E-state index is -0.0739. The smallest absolute Gasteiger partial charge is 0.170 e. The van der Waals surface area contributed by atoms with Crippen molar-refractivity contribution in [2.45, 2.75) is 19.0 Å². The highest BCUT2D eigenvalue weighted by molar-refractivity contribution is 7.80. The molecular formula is C24H28N4O2S. The summed E-state index contributed by atoms with van der Waals surface area (Å²) in [6, 6.07) is 17.8. The van der Waals surface area contributed by atoms with Crippen molar-refractivity contribution in [1.29, 1.82) is 0 Å². The molecule has 0 radical (unpaired) electrons. The van der Waals surface area contributed by atoms with Crippen molar-refractivity contribution in [3.05, 3.63) is 72.2 Å². The first-order valence-electron chi connectivity index (χ1n) is 10.5. The van der Waals surface area contributed by atoms with Crippen LogP contribution in [0, 0.1) is 0 Å². The molecular weight excluding hydrogens is 408 g/mol. The number of thiocarbonyl (C=S) groups is 1. The van der Waals surface area contributed by atoms with Gasteiger partial charge in [0.2, 0.25) is 0 Å². The van der Waals surface area contributed by atoms with Gasteiger partial charge in [-0.2, -0.15) is 0 Å². The lowest BCUT2D eigenvalue weighted by molar-refractivity contribution is 0.250. The zero-order chi connectivity index (χ0) is 21.8. The lowest BCUT2D eigenvalue weighted by Crippen LogP contribution is -2.35. The molecule has 31 heavy (non-hydrogen) atoms. The molecule has 1 fully saturated rings. The molecule has 0 spiro atoms. The molecule has 2 atom stereocenters. The number of hydrogen-bond acceptors (Lipinski definition) is 5. The lowest BCUT2D eigenvalue weighted by Gasteiger charge is -2.27. The van der Waals surface area contributed by atoms with E-state index in [0.29, 0.717) is 6.61 Å². The van der Waals surface area contributed by atoms with E-state index in [4.69, 9.17) is 21.4 Å². The molecule has 0 amide bonds. The van der Waals surface area contributed by atoms with Crippen LogP contribution in [0.3, 0.4) is 0 Å². The third kappa shape index (κ3) is 4.73. The fourth-order valence-corrected chi connectivity index (χ4v) is 4.14. The second-order valence-corrected chi connectivity index (χ2v) is 8.17. The number of pyridine rings is 1. The van der Waals surface area contributed by atoms with E-state index in [1.807, 2.05) is 67.7 Å². The predicted molar refractivity (Wildman–Crippen MR) is 126 cm³/mol. The number of hydrogen-bond donors (Lipinski definition) is 1. The van der Waals surface area contributed by atoms with Crippen LogP contribution in [0.25, 0.3) is 11.3 Å². The summed E-state index contributed by atoms with van der Waals surface area (Å²) in [7, 11) is 4.13. The minimum absolute atomic E-state index is 0.0706. The molecule has 2 aromatic heterocycles. The van der Waals surface area contributed by atoms with Gasteiger partial charge in [0, 0.05) is 24.8 Å². The third-order valence-electron chi connectivity index (χ3n) is 5.35. The Hall–Kier alpha value is -2.90. The monoisotopic (exact) mass is 436 g/mol. The van der Waals surface area contributed by atoms with Crippen LogP contribution >= 0.6 is 12.2 Å². The molecule has 0 aliphatic carbocycles. The van der Waals surface area contributed by atoms with E-state index in [1.54, 1.807) is 0 Å². The van der Waals surface area contributed by atoms with Crippen LogP contribution in [0.2, 0.25) is 0 Å². The van der Waals surface area contributed by atoms with E-state index < -0.39 is 0 Å². The van der Waals surface area contributed by atoms with Gasteiger partial charge in [-0.1, -0.05) is 6.07 Å². The Labute approximate surface area is 188 Å². The SMILES string of the molecule is CCOc1ccc(-c2ccc([C@H]3[C@H](c4ccccn4)NC(=S)N3CCN(C)C)o2)cc1. The van der Waals surface area contributed by atoms with Crippen LogP contribution < -0.4 is 10.1 Å². The van der Waals surface area contributed by atoms with Gasteiger partial charge in [-0.25, -0.2) is 0 Å². The maximum atomic E-state index is 6.37. The van der Waals surface area contributed by atoms with Crippen molar-refractivity contribution in [3.63, 3.8) is 0 Å². The molecule has 0 saturated carbocycles. The first kappa shape index (κ1) is 21.3. The number of furan rings is 1. The summed E-state index contributed by atoms with van der Waals surface area (Å²) in [5.74, 6) is 2.54. The molecule has 0 bridgehead atoms. The topological polar surface area (TPSA) is 53.8 Å². The van der Waals surface area contributed by atoms with Crippen molar-refractivity contribution in [2.24, 2.45) is 0 Å². The Bertz CT molecular complexity index is 1000. The summed E-state index contributed by atoms with van der Waals surface area (Å²) in [4.78, 5) is 8.94. The van der Waals surface area contributed by atoms with Crippen molar-refractivity contribution < 1.29 is 9.15 Å². The van der Waals surface area contributed by atoms with Gasteiger partial charge in [-0.3, -0.25) is 4.98 Å². The van der Waals surface area contributed by atoms with Crippen LogP contribution in [0.5, 0.6) is 5.75 Å². The Kier molecular flexibility index (Phi) is 6.53. The highest BCUT2D eigenvalue weighted by Crippen LogP contribution is 2.40. The first-order chi connectivity index (χ1) is 15.1. The average Bonchev–Trinajstić information content (AvgIpc) is 3.38. The number of rotatable bonds is 8. The molecule has 1 N–H and O–H groups in total.